The summed E-state index contributed by atoms with van der Waals surface area (Å²) in [6.07, 6.45) is 2.09. The van der Waals surface area contributed by atoms with Crippen molar-refractivity contribution >= 4 is 26.5 Å². The molecule has 0 amide bonds. The maximum atomic E-state index is 11.6. The van der Waals surface area contributed by atoms with E-state index in [1.54, 1.807) is 13.8 Å². The third kappa shape index (κ3) is 4.20. The minimum Gasteiger partial charge on any atom is -0.359 e. The number of hydrogen-bond acceptors (Lipinski definition) is 6. The summed E-state index contributed by atoms with van der Waals surface area (Å²) in [5.41, 5.74) is 0. The Labute approximate surface area is 113 Å². The molecule has 0 saturated heterocycles. The number of nitrogens with zero attached hydrogens (tertiary/aromatic N) is 2. The van der Waals surface area contributed by atoms with Crippen LogP contribution in [0.4, 0.5) is 5.13 Å². The van der Waals surface area contributed by atoms with E-state index in [9.17, 15) is 8.42 Å². The van der Waals surface area contributed by atoms with E-state index in [-0.39, 0.29) is 0 Å². The van der Waals surface area contributed by atoms with E-state index >= 15 is 0 Å². The molecule has 1 aromatic rings. The van der Waals surface area contributed by atoms with Crippen LogP contribution in [0.15, 0.2) is 0 Å². The maximum absolute atomic E-state index is 11.6. The topological polar surface area (TPSA) is 72.0 Å². The van der Waals surface area contributed by atoms with Crippen molar-refractivity contribution in [2.24, 2.45) is 5.92 Å². The zero-order valence-electron chi connectivity index (χ0n) is 11.5. The Morgan fingerprint density at radius 3 is 2.50 bits per heavy atom. The fourth-order valence-corrected chi connectivity index (χ4v) is 2.12. The van der Waals surface area contributed by atoms with Gasteiger partial charge in [-0.2, -0.15) is 4.37 Å². The van der Waals surface area contributed by atoms with Gasteiger partial charge in [0, 0.05) is 30.8 Å². The molecule has 0 bridgehead atoms. The van der Waals surface area contributed by atoms with Crippen molar-refractivity contribution in [1.82, 2.24) is 9.36 Å². The number of anilines is 1. The summed E-state index contributed by atoms with van der Waals surface area (Å²) in [5.74, 6) is 1.33. The van der Waals surface area contributed by atoms with Crippen molar-refractivity contribution in [3.63, 3.8) is 0 Å². The van der Waals surface area contributed by atoms with Gasteiger partial charge in [-0.25, -0.2) is 13.4 Å². The molecule has 1 aromatic heterocycles. The zero-order valence-corrected chi connectivity index (χ0v) is 13.2. The molecule has 0 atom stereocenters. The van der Waals surface area contributed by atoms with Gasteiger partial charge in [0.2, 0.25) is 5.13 Å². The van der Waals surface area contributed by atoms with Gasteiger partial charge in [0.15, 0.2) is 9.84 Å². The minimum atomic E-state index is -3.09. The number of aromatic nitrogens is 2. The van der Waals surface area contributed by atoms with E-state index < -0.39 is 14.6 Å². The van der Waals surface area contributed by atoms with Gasteiger partial charge >= 0.3 is 0 Å². The molecular weight excluding hydrogens is 270 g/mol. The molecule has 1 rings (SSSR count). The van der Waals surface area contributed by atoms with Crippen LogP contribution in [-0.2, 0) is 16.3 Å². The Kier molecular flexibility index (Phi) is 4.72. The molecule has 0 unspecified atom stereocenters. The molecule has 0 aromatic carbocycles. The van der Waals surface area contributed by atoms with Crippen molar-refractivity contribution in [2.45, 2.75) is 38.9 Å². The molecular formula is C11H21N3O2S2. The molecule has 1 heterocycles. The van der Waals surface area contributed by atoms with Crippen LogP contribution >= 0.6 is 11.5 Å². The number of hydrogen-bond donors (Lipinski definition) is 1. The number of rotatable bonds is 6. The summed E-state index contributed by atoms with van der Waals surface area (Å²) in [6, 6.07) is 0. The Balaban J connectivity index is 2.62. The molecule has 0 spiro atoms. The first-order chi connectivity index (χ1) is 8.12. The van der Waals surface area contributed by atoms with Crippen molar-refractivity contribution in [2.75, 3.05) is 18.1 Å². The summed E-state index contributed by atoms with van der Waals surface area (Å²) in [4.78, 5) is 4.34. The minimum absolute atomic E-state index is 0.335. The Hall–Kier alpha value is -0.690. The zero-order chi connectivity index (χ0) is 14.0. The molecule has 0 fully saturated rings. The SMILES string of the molecule is CC(C)Cc1nsc(NCC(C)(C)S(C)(=O)=O)n1. The molecule has 0 aliphatic heterocycles. The standard InChI is InChI=1S/C11H21N3O2S2/c1-8(2)6-9-13-10(17-14-9)12-7-11(3,4)18(5,15)16/h8H,6-7H2,1-5H3,(H,12,13,14). The maximum Gasteiger partial charge on any atom is 0.202 e. The van der Waals surface area contributed by atoms with Gasteiger partial charge in [-0.1, -0.05) is 13.8 Å². The highest BCUT2D eigenvalue weighted by Crippen LogP contribution is 2.18. The average molecular weight is 291 g/mol. The summed E-state index contributed by atoms with van der Waals surface area (Å²) in [5, 5.41) is 3.73. The van der Waals surface area contributed by atoms with Crippen LogP contribution in [0.1, 0.15) is 33.5 Å². The third-order valence-corrected chi connectivity index (χ3v) is 5.59. The second-order valence-corrected chi connectivity index (χ2v) is 8.90. The van der Waals surface area contributed by atoms with E-state index in [0.29, 0.717) is 17.6 Å². The Morgan fingerprint density at radius 1 is 1.39 bits per heavy atom. The summed E-state index contributed by atoms with van der Waals surface area (Å²) in [7, 11) is -3.09. The lowest BCUT2D eigenvalue weighted by atomic mass is 10.1. The van der Waals surface area contributed by atoms with Gasteiger partial charge < -0.3 is 5.32 Å². The van der Waals surface area contributed by atoms with Gasteiger partial charge in [-0.15, -0.1) is 0 Å². The van der Waals surface area contributed by atoms with Crippen LogP contribution in [0.25, 0.3) is 0 Å². The summed E-state index contributed by atoms with van der Waals surface area (Å²) < 4.78 is 26.5. The number of sulfone groups is 1. The smallest absolute Gasteiger partial charge is 0.202 e. The van der Waals surface area contributed by atoms with E-state index in [4.69, 9.17) is 0 Å². The van der Waals surface area contributed by atoms with E-state index in [2.05, 4.69) is 28.5 Å². The second kappa shape index (κ2) is 5.52. The van der Waals surface area contributed by atoms with Crippen LogP contribution in [-0.4, -0.2) is 35.3 Å². The van der Waals surface area contributed by atoms with Crippen LogP contribution < -0.4 is 5.32 Å². The highest BCUT2D eigenvalue weighted by atomic mass is 32.2. The first-order valence-electron chi connectivity index (χ1n) is 5.88. The monoisotopic (exact) mass is 291 g/mol. The molecule has 18 heavy (non-hydrogen) atoms. The van der Waals surface area contributed by atoms with E-state index in [0.717, 1.165) is 12.2 Å². The van der Waals surface area contributed by atoms with Crippen LogP contribution in [0.3, 0.4) is 0 Å². The lowest BCUT2D eigenvalue weighted by Crippen LogP contribution is -2.38. The first kappa shape index (κ1) is 15.4. The first-order valence-corrected chi connectivity index (χ1v) is 8.54. The summed E-state index contributed by atoms with van der Waals surface area (Å²) >= 11 is 1.28. The molecule has 0 radical (unpaired) electrons. The Bertz CT molecular complexity index is 492. The number of nitrogens with one attached hydrogen (secondary N) is 1. The highest BCUT2D eigenvalue weighted by Gasteiger charge is 2.30. The summed E-state index contributed by atoms with van der Waals surface area (Å²) in [6.45, 7) is 7.96. The van der Waals surface area contributed by atoms with E-state index in [1.165, 1.54) is 17.8 Å². The molecule has 5 nitrogen and oxygen atoms in total. The Morgan fingerprint density at radius 2 is 2.00 bits per heavy atom. The van der Waals surface area contributed by atoms with Crippen LogP contribution in [0, 0.1) is 5.92 Å². The fourth-order valence-electron chi connectivity index (χ4n) is 1.19. The van der Waals surface area contributed by atoms with Crippen LogP contribution in [0.5, 0.6) is 0 Å². The molecule has 1 N–H and O–H groups in total. The second-order valence-electron chi connectivity index (χ2n) is 5.50. The average Bonchev–Trinajstić information content (AvgIpc) is 2.60. The largest absolute Gasteiger partial charge is 0.359 e. The van der Waals surface area contributed by atoms with Crippen molar-refractivity contribution in [1.29, 1.82) is 0 Å². The van der Waals surface area contributed by atoms with Gasteiger partial charge in [-0.05, 0) is 19.8 Å². The predicted molar refractivity (Wildman–Crippen MR) is 75.9 cm³/mol. The molecule has 0 saturated carbocycles. The fraction of sp³-hybridized carbons (Fsp3) is 0.818. The molecule has 7 heteroatoms. The lowest BCUT2D eigenvalue weighted by Gasteiger charge is -2.22. The van der Waals surface area contributed by atoms with Crippen LogP contribution in [0.2, 0.25) is 0 Å². The third-order valence-electron chi connectivity index (χ3n) is 2.73. The normalized spacial score (nSPS) is 13.0. The highest BCUT2D eigenvalue weighted by molar-refractivity contribution is 7.92. The van der Waals surface area contributed by atoms with Crippen molar-refractivity contribution in [3.8, 4) is 0 Å². The van der Waals surface area contributed by atoms with Gasteiger partial charge in [0.25, 0.3) is 0 Å². The van der Waals surface area contributed by atoms with Crippen molar-refractivity contribution in [3.05, 3.63) is 5.82 Å². The van der Waals surface area contributed by atoms with Gasteiger partial charge in [-0.3, -0.25) is 0 Å². The van der Waals surface area contributed by atoms with Crippen molar-refractivity contribution < 1.29 is 8.42 Å². The van der Waals surface area contributed by atoms with E-state index in [1.807, 2.05) is 0 Å². The van der Waals surface area contributed by atoms with Gasteiger partial charge in [0.1, 0.15) is 5.82 Å². The predicted octanol–water partition coefficient (Wildman–Crippen LogP) is 1.97. The lowest BCUT2D eigenvalue weighted by molar-refractivity contribution is 0.560. The quantitative estimate of drug-likeness (QED) is 0.867. The molecule has 104 valence electrons. The molecule has 0 aliphatic carbocycles. The molecule has 0 aliphatic rings. The van der Waals surface area contributed by atoms with Gasteiger partial charge in [0.05, 0.1) is 4.75 Å².